The number of alkyl halides is 6. The second kappa shape index (κ2) is 5.90. The van der Waals surface area contributed by atoms with Gasteiger partial charge in [-0.05, 0) is 17.7 Å². The fraction of sp³-hybridized carbons (Fsp3) is 0.417. The van der Waals surface area contributed by atoms with Crippen LogP contribution in [0.1, 0.15) is 5.56 Å². The summed E-state index contributed by atoms with van der Waals surface area (Å²) in [4.78, 5) is 11.3. The number of hydrogen-bond acceptors (Lipinski definition) is 2. The minimum atomic E-state index is -5.75. The minimum Gasteiger partial charge on any atom is -0.494 e. The lowest BCUT2D eigenvalue weighted by Gasteiger charge is -2.21. The van der Waals surface area contributed by atoms with Crippen molar-refractivity contribution >= 4 is 5.78 Å². The van der Waals surface area contributed by atoms with E-state index in [-0.39, 0.29) is 11.3 Å². The molecule has 1 rings (SSSR count). The van der Waals surface area contributed by atoms with Crippen LogP contribution in [-0.2, 0) is 11.2 Å². The fourth-order valence-corrected chi connectivity index (χ4v) is 1.67. The Bertz CT molecular complexity index is 505. The van der Waals surface area contributed by atoms with Crippen LogP contribution in [0.5, 0.6) is 5.75 Å². The first kappa shape index (κ1) is 17.3. The molecule has 0 amide bonds. The Labute approximate surface area is 114 Å². The Morgan fingerprint density at radius 1 is 1.14 bits per heavy atom. The molecule has 9 heteroatoms. The van der Waals surface area contributed by atoms with Gasteiger partial charge in [-0.1, -0.05) is 6.07 Å². The highest BCUT2D eigenvalue weighted by atomic mass is 19.4. The van der Waals surface area contributed by atoms with Gasteiger partial charge in [-0.15, -0.1) is 0 Å². The van der Waals surface area contributed by atoms with Crippen molar-refractivity contribution in [3.05, 3.63) is 29.6 Å². The van der Waals surface area contributed by atoms with Crippen LogP contribution in [0.3, 0.4) is 0 Å². The maximum Gasteiger partial charge on any atom is 0.407 e. The number of benzene rings is 1. The number of halogens is 7. The normalized spacial score (nSPS) is 12.6. The lowest BCUT2D eigenvalue weighted by atomic mass is 9.96. The highest BCUT2D eigenvalue weighted by molar-refractivity contribution is 5.84. The lowest BCUT2D eigenvalue weighted by molar-refractivity contribution is -0.273. The molecule has 1 aromatic carbocycles. The van der Waals surface area contributed by atoms with Crippen LogP contribution in [-0.4, -0.2) is 25.2 Å². The zero-order chi connectivity index (χ0) is 16.4. The number of rotatable bonds is 4. The van der Waals surface area contributed by atoms with E-state index in [9.17, 15) is 35.5 Å². The predicted molar refractivity (Wildman–Crippen MR) is 57.3 cm³/mol. The topological polar surface area (TPSA) is 26.3 Å². The summed E-state index contributed by atoms with van der Waals surface area (Å²) in [6.07, 6.45) is -12.7. The zero-order valence-corrected chi connectivity index (χ0v) is 10.5. The molecule has 1 aromatic rings. The molecule has 0 aliphatic heterocycles. The van der Waals surface area contributed by atoms with Gasteiger partial charge in [0.25, 0.3) is 0 Å². The molecule has 0 heterocycles. The SMILES string of the molecule is COc1ccc(CC(=O)C(C(F)(F)F)C(F)(F)F)cc1F. The summed E-state index contributed by atoms with van der Waals surface area (Å²) in [7, 11) is 1.13. The molecule has 0 fully saturated rings. The predicted octanol–water partition coefficient (Wildman–Crippen LogP) is 3.69. The molecule has 0 saturated heterocycles. The first-order valence-electron chi connectivity index (χ1n) is 5.45. The Kier molecular flexibility index (Phi) is 4.85. The third-order valence-corrected chi connectivity index (χ3v) is 2.57. The van der Waals surface area contributed by atoms with Gasteiger partial charge in [0.2, 0.25) is 5.92 Å². The molecule has 21 heavy (non-hydrogen) atoms. The zero-order valence-electron chi connectivity index (χ0n) is 10.5. The smallest absolute Gasteiger partial charge is 0.407 e. The maximum atomic E-state index is 13.3. The molecule has 0 aliphatic carbocycles. The average Bonchev–Trinajstić information content (AvgIpc) is 2.24. The van der Waals surface area contributed by atoms with Crippen molar-refractivity contribution in [3.8, 4) is 5.75 Å². The van der Waals surface area contributed by atoms with Crippen molar-refractivity contribution in [2.75, 3.05) is 7.11 Å². The van der Waals surface area contributed by atoms with Crippen molar-refractivity contribution in [3.63, 3.8) is 0 Å². The van der Waals surface area contributed by atoms with Crippen LogP contribution in [0, 0.1) is 11.7 Å². The van der Waals surface area contributed by atoms with Crippen LogP contribution in [0.15, 0.2) is 18.2 Å². The highest BCUT2D eigenvalue weighted by Gasteiger charge is 2.60. The van der Waals surface area contributed by atoms with E-state index in [1.807, 2.05) is 0 Å². The molecule has 0 unspecified atom stereocenters. The number of ketones is 1. The standard InChI is InChI=1S/C12H9F7O2/c1-21-9-3-2-6(4-7(9)13)5-8(20)10(11(14,15)16)12(17,18)19/h2-4,10H,5H2,1H3. The first-order chi connectivity index (χ1) is 9.46. The number of carbonyl (C=O) groups excluding carboxylic acids is 1. The second-order valence-corrected chi connectivity index (χ2v) is 4.13. The number of Topliss-reactive ketones (excluding diaryl/α,β-unsaturated/α-hetero) is 1. The van der Waals surface area contributed by atoms with Gasteiger partial charge in [0.1, 0.15) is 0 Å². The van der Waals surface area contributed by atoms with Crippen molar-refractivity contribution in [2.24, 2.45) is 5.92 Å². The number of carbonyl (C=O) groups is 1. The molecule has 2 nitrogen and oxygen atoms in total. The van der Waals surface area contributed by atoms with Gasteiger partial charge in [-0.2, -0.15) is 26.3 Å². The van der Waals surface area contributed by atoms with E-state index in [2.05, 4.69) is 4.74 Å². The van der Waals surface area contributed by atoms with Gasteiger partial charge in [-0.3, -0.25) is 4.79 Å². The molecule has 118 valence electrons. The number of hydrogen-bond donors (Lipinski definition) is 0. The van der Waals surface area contributed by atoms with Crippen LogP contribution in [0.25, 0.3) is 0 Å². The Morgan fingerprint density at radius 2 is 1.67 bits per heavy atom. The highest BCUT2D eigenvalue weighted by Crippen LogP contribution is 2.40. The van der Waals surface area contributed by atoms with Crippen molar-refractivity contribution < 1.29 is 40.3 Å². The first-order valence-corrected chi connectivity index (χ1v) is 5.45. The molecular weight excluding hydrogens is 309 g/mol. The van der Waals surface area contributed by atoms with Crippen LogP contribution < -0.4 is 4.74 Å². The molecule has 0 radical (unpaired) electrons. The molecule has 0 atom stereocenters. The fourth-order valence-electron chi connectivity index (χ4n) is 1.67. The van der Waals surface area contributed by atoms with Crippen molar-refractivity contribution in [1.82, 2.24) is 0 Å². The molecule has 0 spiro atoms. The Morgan fingerprint density at radius 3 is 2.05 bits per heavy atom. The van der Waals surface area contributed by atoms with Crippen molar-refractivity contribution in [2.45, 2.75) is 18.8 Å². The van der Waals surface area contributed by atoms with E-state index in [4.69, 9.17) is 0 Å². The third-order valence-electron chi connectivity index (χ3n) is 2.57. The molecule has 0 saturated carbocycles. The lowest BCUT2D eigenvalue weighted by Crippen LogP contribution is -2.43. The third kappa shape index (κ3) is 4.33. The monoisotopic (exact) mass is 318 g/mol. The Balaban J connectivity index is 3.00. The largest absolute Gasteiger partial charge is 0.494 e. The van der Waals surface area contributed by atoms with E-state index < -0.39 is 36.3 Å². The van der Waals surface area contributed by atoms with Crippen LogP contribution in [0.4, 0.5) is 30.7 Å². The molecule has 0 aliphatic rings. The molecule has 0 N–H and O–H groups in total. The molecule has 0 bridgehead atoms. The molecular formula is C12H9F7O2. The van der Waals surface area contributed by atoms with E-state index in [0.717, 1.165) is 19.2 Å². The van der Waals surface area contributed by atoms with Gasteiger partial charge >= 0.3 is 12.4 Å². The maximum absolute atomic E-state index is 13.3. The summed E-state index contributed by atoms with van der Waals surface area (Å²) in [5.74, 6) is -7.41. The summed E-state index contributed by atoms with van der Waals surface area (Å²) in [5, 5.41) is 0. The van der Waals surface area contributed by atoms with E-state index in [1.54, 1.807) is 0 Å². The summed E-state index contributed by atoms with van der Waals surface area (Å²) in [5.41, 5.74) is -0.309. The number of ether oxygens (including phenoxy) is 1. The second-order valence-electron chi connectivity index (χ2n) is 4.13. The van der Waals surface area contributed by atoms with Gasteiger partial charge in [0.05, 0.1) is 7.11 Å². The summed E-state index contributed by atoms with van der Waals surface area (Å²) < 4.78 is 91.8. The van der Waals surface area contributed by atoms with Gasteiger partial charge < -0.3 is 4.74 Å². The van der Waals surface area contributed by atoms with E-state index in [1.165, 1.54) is 0 Å². The van der Waals surface area contributed by atoms with Crippen LogP contribution >= 0.6 is 0 Å². The van der Waals surface area contributed by atoms with E-state index >= 15 is 0 Å². The summed E-state index contributed by atoms with van der Waals surface area (Å²) in [6, 6.07) is 2.68. The minimum absolute atomic E-state index is 0.241. The van der Waals surface area contributed by atoms with Gasteiger partial charge in [-0.25, -0.2) is 4.39 Å². The Hall–Kier alpha value is -1.80. The van der Waals surface area contributed by atoms with Gasteiger partial charge in [0.15, 0.2) is 17.3 Å². The average molecular weight is 318 g/mol. The van der Waals surface area contributed by atoms with E-state index in [0.29, 0.717) is 6.07 Å². The molecule has 0 aromatic heterocycles. The van der Waals surface area contributed by atoms with Gasteiger partial charge in [0, 0.05) is 6.42 Å². The van der Waals surface area contributed by atoms with Crippen LogP contribution in [0.2, 0.25) is 0 Å². The summed E-state index contributed by atoms with van der Waals surface area (Å²) >= 11 is 0. The summed E-state index contributed by atoms with van der Waals surface area (Å²) in [6.45, 7) is 0. The van der Waals surface area contributed by atoms with Crippen molar-refractivity contribution in [1.29, 1.82) is 0 Å². The number of methoxy groups -OCH3 is 1. The quantitative estimate of drug-likeness (QED) is 0.792.